The van der Waals surface area contributed by atoms with Gasteiger partial charge in [0.25, 0.3) is 5.91 Å². The van der Waals surface area contributed by atoms with Crippen molar-refractivity contribution in [1.29, 1.82) is 0 Å². The van der Waals surface area contributed by atoms with Crippen LogP contribution in [-0.2, 0) is 9.59 Å². The number of hydrogen-bond donors (Lipinski definition) is 1. The predicted octanol–water partition coefficient (Wildman–Crippen LogP) is 3.18. The van der Waals surface area contributed by atoms with Crippen molar-refractivity contribution in [3.05, 3.63) is 64.9 Å². The molecule has 26 heavy (non-hydrogen) atoms. The van der Waals surface area contributed by atoms with Gasteiger partial charge in [-0.3, -0.25) is 9.59 Å². The van der Waals surface area contributed by atoms with Crippen molar-refractivity contribution in [2.24, 2.45) is 5.92 Å². The largest absolute Gasteiger partial charge is 0.484 e. The van der Waals surface area contributed by atoms with Crippen molar-refractivity contribution >= 4 is 23.5 Å². The summed E-state index contributed by atoms with van der Waals surface area (Å²) < 4.78 is 18.2. The van der Waals surface area contributed by atoms with Gasteiger partial charge in [0.15, 0.2) is 6.61 Å². The molecular formula is C19H17ClFNO4. The molecule has 2 atom stereocenters. The number of benzene rings is 2. The topological polar surface area (TPSA) is 66.8 Å². The lowest BCUT2D eigenvalue weighted by atomic mass is 9.89. The smallest absolute Gasteiger partial charge is 0.308 e. The molecule has 0 aromatic heterocycles. The Kier molecular flexibility index (Phi) is 5.42. The van der Waals surface area contributed by atoms with E-state index in [2.05, 4.69) is 0 Å². The standard InChI is InChI=1S/C19H17ClFNO4/c20-13-3-1-12(2-4-13)16-9-22(10-17(16)19(24)25)18(23)11-26-15-7-5-14(21)6-8-15/h1-8,16-17H,9-11H2,(H,24,25)/t16-,17+/m0/s1. The SMILES string of the molecule is O=C(O)[C@@H]1CN(C(=O)COc2ccc(F)cc2)C[C@H]1c1ccc(Cl)cc1. The van der Waals surface area contributed by atoms with Gasteiger partial charge < -0.3 is 14.7 Å². The van der Waals surface area contributed by atoms with Crippen LogP contribution in [0.15, 0.2) is 48.5 Å². The first-order valence-corrected chi connectivity index (χ1v) is 8.46. The molecule has 1 N–H and O–H groups in total. The van der Waals surface area contributed by atoms with Gasteiger partial charge in [0.2, 0.25) is 0 Å². The van der Waals surface area contributed by atoms with E-state index < -0.39 is 17.7 Å². The van der Waals surface area contributed by atoms with Gasteiger partial charge in [0.1, 0.15) is 11.6 Å². The average molecular weight is 378 g/mol. The van der Waals surface area contributed by atoms with Crippen LogP contribution >= 0.6 is 11.6 Å². The molecule has 1 fully saturated rings. The van der Waals surface area contributed by atoms with Crippen molar-refractivity contribution in [2.45, 2.75) is 5.92 Å². The fourth-order valence-electron chi connectivity index (χ4n) is 3.07. The van der Waals surface area contributed by atoms with Crippen LogP contribution in [0.2, 0.25) is 5.02 Å². The maximum Gasteiger partial charge on any atom is 0.308 e. The molecule has 2 aromatic carbocycles. The van der Waals surface area contributed by atoms with E-state index in [0.717, 1.165) is 5.56 Å². The predicted molar refractivity (Wildman–Crippen MR) is 93.8 cm³/mol. The van der Waals surface area contributed by atoms with Gasteiger partial charge in [0.05, 0.1) is 5.92 Å². The van der Waals surface area contributed by atoms with Crippen molar-refractivity contribution < 1.29 is 23.8 Å². The number of aliphatic carboxylic acids is 1. The van der Waals surface area contributed by atoms with E-state index in [1.807, 2.05) is 0 Å². The van der Waals surface area contributed by atoms with Crippen LogP contribution in [0.25, 0.3) is 0 Å². The van der Waals surface area contributed by atoms with Crippen molar-refractivity contribution in [1.82, 2.24) is 4.90 Å². The molecule has 2 aromatic rings. The Labute approximate surface area is 154 Å². The van der Waals surface area contributed by atoms with Crippen molar-refractivity contribution in [3.63, 3.8) is 0 Å². The Morgan fingerprint density at radius 3 is 2.38 bits per heavy atom. The number of amides is 1. The average Bonchev–Trinajstić information content (AvgIpc) is 3.07. The summed E-state index contributed by atoms with van der Waals surface area (Å²) in [6, 6.07) is 12.3. The van der Waals surface area contributed by atoms with Crippen LogP contribution in [0.1, 0.15) is 11.5 Å². The van der Waals surface area contributed by atoms with Gasteiger partial charge in [-0.2, -0.15) is 0 Å². The van der Waals surface area contributed by atoms with Crippen LogP contribution < -0.4 is 4.74 Å². The Morgan fingerprint density at radius 2 is 1.77 bits per heavy atom. The quantitative estimate of drug-likeness (QED) is 0.869. The second kappa shape index (κ2) is 7.74. The summed E-state index contributed by atoms with van der Waals surface area (Å²) in [5, 5.41) is 10.1. The van der Waals surface area contributed by atoms with Crippen molar-refractivity contribution in [2.75, 3.05) is 19.7 Å². The number of rotatable bonds is 5. The first kappa shape index (κ1) is 18.2. The number of nitrogens with zero attached hydrogens (tertiary/aromatic N) is 1. The molecule has 0 aliphatic carbocycles. The molecule has 7 heteroatoms. The number of hydrogen-bond acceptors (Lipinski definition) is 3. The van der Waals surface area contributed by atoms with E-state index in [-0.39, 0.29) is 25.0 Å². The number of ether oxygens (including phenoxy) is 1. The molecule has 1 aliphatic heterocycles. The zero-order chi connectivity index (χ0) is 18.7. The number of halogens is 2. The van der Waals surface area contributed by atoms with Gasteiger partial charge >= 0.3 is 5.97 Å². The molecule has 136 valence electrons. The van der Waals surface area contributed by atoms with E-state index in [1.54, 1.807) is 24.3 Å². The van der Waals surface area contributed by atoms with E-state index in [1.165, 1.54) is 29.2 Å². The van der Waals surface area contributed by atoms with Crippen molar-refractivity contribution in [3.8, 4) is 5.75 Å². The lowest BCUT2D eigenvalue weighted by Crippen LogP contribution is -2.33. The van der Waals surface area contributed by atoms with Gasteiger partial charge in [-0.05, 0) is 42.0 Å². The molecule has 5 nitrogen and oxygen atoms in total. The molecule has 1 heterocycles. The van der Waals surface area contributed by atoms with E-state index in [0.29, 0.717) is 17.3 Å². The Bertz CT molecular complexity index is 794. The zero-order valence-electron chi connectivity index (χ0n) is 13.8. The number of likely N-dealkylation sites (tertiary alicyclic amines) is 1. The van der Waals surface area contributed by atoms with Gasteiger partial charge in [-0.1, -0.05) is 23.7 Å². The Morgan fingerprint density at radius 1 is 1.12 bits per heavy atom. The summed E-state index contributed by atoms with van der Waals surface area (Å²) in [4.78, 5) is 25.5. The molecular weight excluding hydrogens is 361 g/mol. The van der Waals surface area contributed by atoms with Crippen LogP contribution in [-0.4, -0.2) is 41.6 Å². The van der Waals surface area contributed by atoms with E-state index in [9.17, 15) is 19.1 Å². The summed E-state index contributed by atoms with van der Waals surface area (Å²) in [6.45, 7) is 0.184. The number of carbonyl (C=O) groups excluding carboxylic acids is 1. The lowest BCUT2D eigenvalue weighted by Gasteiger charge is -2.17. The van der Waals surface area contributed by atoms with Gasteiger partial charge in [-0.15, -0.1) is 0 Å². The number of carbonyl (C=O) groups is 2. The van der Waals surface area contributed by atoms with Crippen LogP contribution in [0, 0.1) is 11.7 Å². The van der Waals surface area contributed by atoms with Gasteiger partial charge in [-0.25, -0.2) is 4.39 Å². The second-order valence-corrected chi connectivity index (χ2v) is 6.58. The van der Waals surface area contributed by atoms with Crippen LogP contribution in [0.3, 0.4) is 0 Å². The number of carboxylic acid groups (broad SMARTS) is 1. The third-order valence-corrected chi connectivity index (χ3v) is 4.72. The first-order chi connectivity index (χ1) is 12.4. The first-order valence-electron chi connectivity index (χ1n) is 8.08. The molecule has 0 bridgehead atoms. The fourth-order valence-corrected chi connectivity index (χ4v) is 3.20. The van der Waals surface area contributed by atoms with E-state index in [4.69, 9.17) is 16.3 Å². The highest BCUT2D eigenvalue weighted by Crippen LogP contribution is 2.33. The minimum Gasteiger partial charge on any atom is -0.484 e. The summed E-state index contributed by atoms with van der Waals surface area (Å²) in [7, 11) is 0. The summed E-state index contributed by atoms with van der Waals surface area (Å²) in [6.07, 6.45) is 0. The highest BCUT2D eigenvalue weighted by atomic mass is 35.5. The second-order valence-electron chi connectivity index (χ2n) is 6.14. The summed E-state index contributed by atoms with van der Waals surface area (Å²) in [5.41, 5.74) is 0.830. The molecule has 0 spiro atoms. The lowest BCUT2D eigenvalue weighted by molar-refractivity contribution is -0.142. The Balaban J connectivity index is 1.66. The molecule has 3 rings (SSSR count). The third kappa shape index (κ3) is 4.14. The van der Waals surface area contributed by atoms with Crippen LogP contribution in [0.4, 0.5) is 4.39 Å². The highest BCUT2D eigenvalue weighted by Gasteiger charge is 2.40. The molecule has 0 radical (unpaired) electrons. The summed E-state index contributed by atoms with van der Waals surface area (Å²) in [5.74, 6) is -2.26. The molecule has 0 unspecified atom stereocenters. The minimum absolute atomic E-state index is 0.119. The maximum absolute atomic E-state index is 12.9. The summed E-state index contributed by atoms with van der Waals surface area (Å²) >= 11 is 5.88. The van der Waals surface area contributed by atoms with Crippen LogP contribution in [0.5, 0.6) is 5.75 Å². The van der Waals surface area contributed by atoms with E-state index >= 15 is 0 Å². The monoisotopic (exact) mass is 377 g/mol. The fraction of sp³-hybridized carbons (Fsp3) is 0.263. The Hall–Kier alpha value is -2.60. The molecule has 0 saturated carbocycles. The molecule has 1 saturated heterocycles. The minimum atomic E-state index is -0.945. The molecule has 1 amide bonds. The maximum atomic E-state index is 12.9. The third-order valence-electron chi connectivity index (χ3n) is 4.46. The normalized spacial score (nSPS) is 19.4. The van der Waals surface area contributed by atoms with Gasteiger partial charge in [0, 0.05) is 24.0 Å². The molecule has 1 aliphatic rings. The zero-order valence-corrected chi connectivity index (χ0v) is 14.5. The highest BCUT2D eigenvalue weighted by molar-refractivity contribution is 6.30. The number of carboxylic acids is 1.